The summed E-state index contributed by atoms with van der Waals surface area (Å²) < 4.78 is 0. The number of hydrogen-bond donors (Lipinski definition) is 1. The normalized spacial score (nSPS) is 8.43. The molecule has 4 heterocycles. The van der Waals surface area contributed by atoms with E-state index in [4.69, 9.17) is 29.5 Å². The Hall–Kier alpha value is -5.89. The standard InChI is InChI=1S/C13H8N6O2.C6H4N2.2CO2/c20-13(21)10-7-9(3-6-15-10)12-18-16-11(17-19-12)8-1-4-14-5-2-8;7-5-6-1-3-8-4-2-6;2*2-1-3/h1-7H,(H,20,21);1-4H;;. The summed E-state index contributed by atoms with van der Waals surface area (Å²) in [7, 11) is 0. The van der Waals surface area contributed by atoms with Gasteiger partial charge in [-0.1, -0.05) is 0 Å². The van der Waals surface area contributed by atoms with E-state index in [1.54, 1.807) is 55.1 Å². The van der Waals surface area contributed by atoms with Crippen LogP contribution >= 0.6 is 0 Å². The number of hydrogen-bond acceptors (Lipinski definition) is 13. The lowest BCUT2D eigenvalue weighted by Crippen LogP contribution is -2.02. The molecule has 14 nitrogen and oxygen atoms in total. The van der Waals surface area contributed by atoms with E-state index >= 15 is 0 Å². The van der Waals surface area contributed by atoms with Crippen molar-refractivity contribution in [3.63, 3.8) is 0 Å². The molecule has 14 heteroatoms. The van der Waals surface area contributed by atoms with Crippen LogP contribution in [0.2, 0.25) is 0 Å². The van der Waals surface area contributed by atoms with Gasteiger partial charge in [0.2, 0.25) is 11.6 Å². The number of carboxylic acid groups (broad SMARTS) is 1. The monoisotopic (exact) mass is 472 g/mol. The predicted octanol–water partition coefficient (Wildman–Crippen LogP) is 0.875. The number of pyridine rings is 3. The Morgan fingerprint density at radius 1 is 0.714 bits per heavy atom. The first kappa shape index (κ1) is 27.1. The number of carbonyl (C=O) groups excluding carboxylic acids is 4. The van der Waals surface area contributed by atoms with Gasteiger partial charge >= 0.3 is 18.3 Å². The quantitative estimate of drug-likeness (QED) is 0.437. The van der Waals surface area contributed by atoms with Crippen LogP contribution in [0.25, 0.3) is 22.8 Å². The molecule has 4 aromatic rings. The topological polar surface area (TPSA) is 220 Å². The van der Waals surface area contributed by atoms with Gasteiger partial charge in [-0.15, -0.1) is 20.4 Å². The number of carbonyl (C=O) groups is 1. The smallest absolute Gasteiger partial charge is 0.373 e. The maximum absolute atomic E-state index is 10.9. The van der Waals surface area contributed by atoms with Crippen LogP contribution in [0.4, 0.5) is 0 Å². The summed E-state index contributed by atoms with van der Waals surface area (Å²) in [5.74, 6) is -0.516. The molecule has 0 fully saturated rings. The van der Waals surface area contributed by atoms with E-state index in [-0.39, 0.29) is 23.8 Å². The molecule has 0 aromatic carbocycles. The first-order valence-corrected chi connectivity index (χ1v) is 8.96. The highest BCUT2D eigenvalue weighted by atomic mass is 16.4. The molecule has 0 saturated heterocycles. The molecule has 4 aromatic heterocycles. The van der Waals surface area contributed by atoms with Crippen LogP contribution in [0, 0.1) is 11.3 Å². The van der Waals surface area contributed by atoms with E-state index in [0.717, 1.165) is 5.56 Å². The molecular weight excluding hydrogens is 460 g/mol. The molecule has 0 aliphatic carbocycles. The lowest BCUT2D eigenvalue weighted by molar-refractivity contribution is -0.193. The minimum atomic E-state index is -1.12. The van der Waals surface area contributed by atoms with Crippen molar-refractivity contribution in [3.05, 3.63) is 78.6 Å². The van der Waals surface area contributed by atoms with E-state index < -0.39 is 5.97 Å². The molecule has 172 valence electrons. The molecular formula is C21H12N8O6. The molecule has 0 aliphatic heterocycles. The van der Waals surface area contributed by atoms with Crippen molar-refractivity contribution in [2.75, 3.05) is 0 Å². The number of aromatic carboxylic acids is 1. The molecule has 35 heavy (non-hydrogen) atoms. The molecule has 0 saturated carbocycles. The average molecular weight is 472 g/mol. The highest BCUT2D eigenvalue weighted by Gasteiger charge is 2.10. The fraction of sp³-hybridized carbons (Fsp3) is 0. The molecule has 0 radical (unpaired) electrons. The zero-order valence-electron chi connectivity index (χ0n) is 17.4. The SMILES string of the molecule is N#Cc1ccncc1.O=C(O)c1cc(-c2nnc(-c3ccncc3)nn2)ccn1.O=C=O.O=C=O. The van der Waals surface area contributed by atoms with Gasteiger partial charge < -0.3 is 5.11 Å². The number of rotatable bonds is 3. The summed E-state index contributed by atoms with van der Waals surface area (Å²) in [6.45, 7) is 0. The predicted molar refractivity (Wildman–Crippen MR) is 110 cm³/mol. The fourth-order valence-corrected chi connectivity index (χ4v) is 2.07. The minimum Gasteiger partial charge on any atom is -0.477 e. The summed E-state index contributed by atoms with van der Waals surface area (Å²) in [4.78, 5) is 54.8. The molecule has 0 unspecified atom stereocenters. The van der Waals surface area contributed by atoms with Crippen LogP contribution in [0.5, 0.6) is 0 Å². The molecule has 0 atom stereocenters. The van der Waals surface area contributed by atoms with Crippen molar-refractivity contribution >= 4 is 18.3 Å². The van der Waals surface area contributed by atoms with Gasteiger partial charge in [-0.3, -0.25) is 9.97 Å². The molecule has 0 bridgehead atoms. The Kier molecular flexibility index (Phi) is 12.3. The number of aromatic nitrogens is 7. The zero-order chi connectivity index (χ0) is 25.9. The summed E-state index contributed by atoms with van der Waals surface area (Å²) in [6.07, 6.45) is 8.30. The van der Waals surface area contributed by atoms with E-state index in [2.05, 4.69) is 35.3 Å². The minimum absolute atomic E-state index is 0.0886. The second-order valence-corrected chi connectivity index (χ2v) is 5.53. The van der Waals surface area contributed by atoms with Crippen LogP contribution in [-0.4, -0.2) is 58.7 Å². The molecule has 0 spiro atoms. The van der Waals surface area contributed by atoms with Gasteiger partial charge in [0, 0.05) is 42.1 Å². The van der Waals surface area contributed by atoms with Crippen molar-refractivity contribution in [3.8, 4) is 28.8 Å². The van der Waals surface area contributed by atoms with Crippen molar-refractivity contribution in [1.82, 2.24) is 35.3 Å². The van der Waals surface area contributed by atoms with Gasteiger partial charge in [0.05, 0.1) is 11.6 Å². The lowest BCUT2D eigenvalue weighted by Gasteiger charge is -2.01. The van der Waals surface area contributed by atoms with E-state index in [9.17, 15) is 4.79 Å². The maximum Gasteiger partial charge on any atom is 0.373 e. The van der Waals surface area contributed by atoms with Crippen molar-refractivity contribution in [2.45, 2.75) is 0 Å². The van der Waals surface area contributed by atoms with Crippen molar-refractivity contribution < 1.29 is 29.1 Å². The third kappa shape index (κ3) is 9.85. The van der Waals surface area contributed by atoms with Crippen LogP contribution < -0.4 is 0 Å². The third-order valence-corrected chi connectivity index (χ3v) is 3.46. The van der Waals surface area contributed by atoms with Gasteiger partial charge in [-0.25, -0.2) is 9.78 Å². The van der Waals surface area contributed by atoms with Gasteiger partial charge in [0.25, 0.3) is 0 Å². The van der Waals surface area contributed by atoms with Crippen LogP contribution in [0.3, 0.4) is 0 Å². The largest absolute Gasteiger partial charge is 0.477 e. The van der Waals surface area contributed by atoms with Gasteiger partial charge in [-0.2, -0.15) is 24.4 Å². The molecule has 0 amide bonds. The van der Waals surface area contributed by atoms with Crippen LogP contribution in [0.15, 0.2) is 67.4 Å². The van der Waals surface area contributed by atoms with Gasteiger partial charge in [0.15, 0.2) is 0 Å². The highest BCUT2D eigenvalue weighted by molar-refractivity contribution is 5.86. The van der Waals surface area contributed by atoms with Gasteiger partial charge in [0.1, 0.15) is 5.69 Å². The lowest BCUT2D eigenvalue weighted by atomic mass is 10.2. The van der Waals surface area contributed by atoms with E-state index in [1.165, 1.54) is 12.3 Å². The van der Waals surface area contributed by atoms with Crippen LogP contribution in [-0.2, 0) is 19.2 Å². The Labute approximate surface area is 196 Å². The molecule has 0 aliphatic rings. The number of nitriles is 1. The highest BCUT2D eigenvalue weighted by Crippen LogP contribution is 2.15. The first-order chi connectivity index (χ1) is 17.0. The first-order valence-electron chi connectivity index (χ1n) is 8.96. The van der Waals surface area contributed by atoms with E-state index in [0.29, 0.717) is 17.0 Å². The maximum atomic E-state index is 10.9. The van der Waals surface area contributed by atoms with Gasteiger partial charge in [-0.05, 0) is 36.4 Å². The third-order valence-electron chi connectivity index (χ3n) is 3.46. The van der Waals surface area contributed by atoms with Crippen molar-refractivity contribution in [1.29, 1.82) is 5.26 Å². The average Bonchev–Trinajstić information content (AvgIpc) is 2.91. The summed E-state index contributed by atoms with van der Waals surface area (Å²) in [5, 5.41) is 33.1. The Bertz CT molecular complexity index is 1310. The molecule has 1 N–H and O–H groups in total. The molecule has 4 rings (SSSR count). The summed E-state index contributed by atoms with van der Waals surface area (Å²) >= 11 is 0. The van der Waals surface area contributed by atoms with Crippen LogP contribution in [0.1, 0.15) is 16.1 Å². The zero-order valence-corrected chi connectivity index (χ0v) is 17.4. The van der Waals surface area contributed by atoms with E-state index in [1.807, 2.05) is 6.07 Å². The number of carboxylic acids is 1. The second-order valence-electron chi connectivity index (χ2n) is 5.53. The Balaban J connectivity index is 0.000000361. The summed E-state index contributed by atoms with van der Waals surface area (Å²) in [5.41, 5.74) is 1.80. The number of nitrogens with zero attached hydrogens (tertiary/aromatic N) is 8. The Morgan fingerprint density at radius 2 is 1.14 bits per heavy atom. The second kappa shape index (κ2) is 15.8. The fourth-order valence-electron chi connectivity index (χ4n) is 2.07. The van der Waals surface area contributed by atoms with Crippen molar-refractivity contribution in [2.24, 2.45) is 0 Å². The Morgan fingerprint density at radius 3 is 1.57 bits per heavy atom. The summed E-state index contributed by atoms with van der Waals surface area (Å²) in [6, 6.07) is 11.8.